The van der Waals surface area contributed by atoms with Gasteiger partial charge in [0.2, 0.25) is 9.84 Å². The van der Waals surface area contributed by atoms with Crippen molar-refractivity contribution in [3.63, 3.8) is 0 Å². The van der Waals surface area contributed by atoms with E-state index >= 15 is 0 Å². The first kappa shape index (κ1) is 18.1. The first-order chi connectivity index (χ1) is 14.1. The second-order valence-corrected chi connectivity index (χ2v) is 9.15. The molecule has 1 unspecified atom stereocenters. The lowest BCUT2D eigenvalue weighted by Crippen LogP contribution is -2.37. The van der Waals surface area contributed by atoms with Gasteiger partial charge in [-0.05, 0) is 49.0 Å². The third-order valence-electron chi connectivity index (χ3n) is 5.35. The van der Waals surface area contributed by atoms with Gasteiger partial charge in [0.05, 0.1) is 10.4 Å². The number of aromatic nitrogens is 2. The lowest BCUT2D eigenvalue weighted by molar-refractivity contribution is 0.167. The maximum absolute atomic E-state index is 13.5. The fourth-order valence-electron chi connectivity index (χ4n) is 3.90. The molecule has 3 aromatic carbocycles. The maximum atomic E-state index is 13.5. The SMILES string of the molecule is O=S(=O)(c1cccc2ccccc12)c1[nH]nc2ccc(OC3CCCNC3)cc12. The van der Waals surface area contributed by atoms with Gasteiger partial charge in [-0.15, -0.1) is 0 Å². The van der Waals surface area contributed by atoms with Gasteiger partial charge < -0.3 is 10.1 Å². The smallest absolute Gasteiger partial charge is 0.224 e. The van der Waals surface area contributed by atoms with Crippen molar-refractivity contribution in [1.29, 1.82) is 0 Å². The van der Waals surface area contributed by atoms with Crippen molar-refractivity contribution >= 4 is 31.5 Å². The number of nitrogens with one attached hydrogen (secondary N) is 2. The number of hydrogen-bond donors (Lipinski definition) is 2. The molecule has 29 heavy (non-hydrogen) atoms. The Morgan fingerprint density at radius 1 is 1.00 bits per heavy atom. The van der Waals surface area contributed by atoms with Gasteiger partial charge in [-0.3, -0.25) is 5.10 Å². The molecule has 0 radical (unpaired) electrons. The van der Waals surface area contributed by atoms with Gasteiger partial charge in [-0.2, -0.15) is 5.10 Å². The Morgan fingerprint density at radius 3 is 2.72 bits per heavy atom. The third-order valence-corrected chi connectivity index (χ3v) is 7.14. The van der Waals surface area contributed by atoms with E-state index in [-0.39, 0.29) is 16.0 Å². The number of H-pyrrole nitrogens is 1. The fraction of sp³-hybridized carbons (Fsp3) is 0.227. The van der Waals surface area contributed by atoms with E-state index in [1.807, 2.05) is 36.4 Å². The second-order valence-electron chi connectivity index (χ2n) is 7.30. The number of rotatable bonds is 4. The summed E-state index contributed by atoms with van der Waals surface area (Å²) in [5, 5.41) is 12.5. The van der Waals surface area contributed by atoms with Crippen LogP contribution in [0.5, 0.6) is 5.75 Å². The summed E-state index contributed by atoms with van der Waals surface area (Å²) in [5.41, 5.74) is 0.595. The van der Waals surface area contributed by atoms with E-state index in [0.29, 0.717) is 22.0 Å². The number of fused-ring (bicyclic) bond motifs is 2. The number of piperidine rings is 1. The standard InChI is InChI=1S/C22H21N3O3S/c26-29(27,21-9-3-6-15-5-1-2-8-18(15)21)22-19-13-16(10-11-20(19)24-25-22)28-17-7-4-12-23-14-17/h1-3,5-6,8-11,13,17,23H,4,7,12,14H2,(H,24,25). The van der Waals surface area contributed by atoms with Crippen molar-refractivity contribution in [1.82, 2.24) is 15.5 Å². The van der Waals surface area contributed by atoms with E-state index in [1.54, 1.807) is 24.3 Å². The summed E-state index contributed by atoms with van der Waals surface area (Å²) in [6.07, 6.45) is 2.14. The van der Waals surface area contributed by atoms with Gasteiger partial charge >= 0.3 is 0 Å². The van der Waals surface area contributed by atoms with Crippen LogP contribution in [0.1, 0.15) is 12.8 Å². The highest BCUT2D eigenvalue weighted by atomic mass is 32.2. The predicted octanol–water partition coefficient (Wildman–Crippen LogP) is 3.68. The van der Waals surface area contributed by atoms with Crippen LogP contribution in [0, 0.1) is 0 Å². The van der Waals surface area contributed by atoms with Gasteiger partial charge in [0.25, 0.3) is 0 Å². The Hall–Kier alpha value is -2.90. The van der Waals surface area contributed by atoms with Crippen molar-refractivity contribution in [2.24, 2.45) is 0 Å². The van der Waals surface area contributed by atoms with Crippen LogP contribution >= 0.6 is 0 Å². The molecule has 7 heteroatoms. The summed E-state index contributed by atoms with van der Waals surface area (Å²) in [7, 11) is -3.78. The Kier molecular flexibility index (Phi) is 4.49. The molecule has 1 fully saturated rings. The van der Waals surface area contributed by atoms with Crippen LogP contribution in [-0.4, -0.2) is 37.8 Å². The number of sulfone groups is 1. The first-order valence-corrected chi connectivity index (χ1v) is 11.2. The highest BCUT2D eigenvalue weighted by Crippen LogP contribution is 2.32. The molecular weight excluding hydrogens is 386 g/mol. The van der Waals surface area contributed by atoms with E-state index in [9.17, 15) is 8.42 Å². The fourth-order valence-corrected chi connectivity index (χ4v) is 5.47. The molecule has 0 spiro atoms. The van der Waals surface area contributed by atoms with Crippen LogP contribution in [0.3, 0.4) is 0 Å². The van der Waals surface area contributed by atoms with Gasteiger partial charge in [0, 0.05) is 17.3 Å². The molecule has 0 bridgehead atoms. The van der Waals surface area contributed by atoms with Crippen LogP contribution in [0.15, 0.2) is 70.6 Å². The van der Waals surface area contributed by atoms with E-state index in [2.05, 4.69) is 15.5 Å². The number of ether oxygens (including phenoxy) is 1. The average Bonchev–Trinajstić information content (AvgIpc) is 3.18. The zero-order valence-electron chi connectivity index (χ0n) is 15.8. The quantitative estimate of drug-likeness (QED) is 0.539. The highest BCUT2D eigenvalue weighted by Gasteiger charge is 2.25. The van der Waals surface area contributed by atoms with E-state index in [1.165, 1.54) is 0 Å². The van der Waals surface area contributed by atoms with Crippen molar-refractivity contribution in [3.8, 4) is 5.75 Å². The van der Waals surface area contributed by atoms with Crippen LogP contribution in [-0.2, 0) is 9.84 Å². The Labute approximate surface area is 168 Å². The predicted molar refractivity (Wildman–Crippen MR) is 112 cm³/mol. The number of hydrogen-bond acceptors (Lipinski definition) is 5. The van der Waals surface area contributed by atoms with Crippen molar-refractivity contribution < 1.29 is 13.2 Å². The monoisotopic (exact) mass is 407 g/mol. The molecule has 5 rings (SSSR count). The summed E-state index contributed by atoms with van der Waals surface area (Å²) in [6.45, 7) is 1.80. The highest BCUT2D eigenvalue weighted by molar-refractivity contribution is 7.91. The molecular formula is C22H21N3O3S. The molecule has 0 aliphatic carbocycles. The van der Waals surface area contributed by atoms with E-state index in [4.69, 9.17) is 4.74 Å². The topological polar surface area (TPSA) is 84.1 Å². The summed E-state index contributed by atoms with van der Waals surface area (Å²) in [6, 6.07) is 18.2. The molecule has 148 valence electrons. The van der Waals surface area contributed by atoms with Crippen LogP contribution in [0.2, 0.25) is 0 Å². The lowest BCUT2D eigenvalue weighted by atomic mass is 10.1. The molecule has 0 saturated carbocycles. The number of nitrogens with zero attached hydrogens (tertiary/aromatic N) is 1. The largest absolute Gasteiger partial charge is 0.489 e. The molecule has 1 aliphatic rings. The minimum Gasteiger partial charge on any atom is -0.489 e. The lowest BCUT2D eigenvalue weighted by Gasteiger charge is -2.23. The van der Waals surface area contributed by atoms with Gasteiger partial charge in [0.1, 0.15) is 11.9 Å². The molecule has 1 atom stereocenters. The van der Waals surface area contributed by atoms with Crippen molar-refractivity contribution in [3.05, 3.63) is 60.7 Å². The molecule has 1 aromatic heterocycles. The minimum atomic E-state index is -3.78. The number of benzene rings is 3. The van der Waals surface area contributed by atoms with Crippen LogP contribution in [0.4, 0.5) is 0 Å². The molecule has 6 nitrogen and oxygen atoms in total. The third kappa shape index (κ3) is 3.26. The Balaban J connectivity index is 1.59. The normalized spacial score (nSPS) is 17.6. The zero-order chi connectivity index (χ0) is 19.8. The Bertz CT molecular complexity index is 1290. The number of aromatic amines is 1. The summed E-state index contributed by atoms with van der Waals surface area (Å²) >= 11 is 0. The van der Waals surface area contributed by atoms with Gasteiger partial charge in [-0.1, -0.05) is 36.4 Å². The van der Waals surface area contributed by atoms with Gasteiger partial charge in [0.15, 0.2) is 5.03 Å². The van der Waals surface area contributed by atoms with E-state index in [0.717, 1.165) is 31.3 Å². The molecule has 2 N–H and O–H groups in total. The maximum Gasteiger partial charge on any atom is 0.224 e. The van der Waals surface area contributed by atoms with Crippen LogP contribution < -0.4 is 10.1 Å². The molecule has 2 heterocycles. The molecule has 1 aliphatic heterocycles. The zero-order valence-corrected chi connectivity index (χ0v) is 16.6. The van der Waals surface area contributed by atoms with Crippen molar-refractivity contribution in [2.45, 2.75) is 28.9 Å². The van der Waals surface area contributed by atoms with E-state index < -0.39 is 9.84 Å². The van der Waals surface area contributed by atoms with Crippen LogP contribution in [0.25, 0.3) is 21.7 Å². The molecule has 1 saturated heterocycles. The van der Waals surface area contributed by atoms with Crippen molar-refractivity contribution in [2.75, 3.05) is 13.1 Å². The summed E-state index contributed by atoms with van der Waals surface area (Å²) < 4.78 is 33.1. The molecule has 4 aromatic rings. The first-order valence-electron chi connectivity index (χ1n) is 9.71. The second kappa shape index (κ2) is 7.17. The van der Waals surface area contributed by atoms with Gasteiger partial charge in [-0.25, -0.2) is 8.42 Å². The minimum absolute atomic E-state index is 0.0891. The molecule has 0 amide bonds. The average molecular weight is 407 g/mol. The Morgan fingerprint density at radius 2 is 1.86 bits per heavy atom. The summed E-state index contributed by atoms with van der Waals surface area (Å²) in [5.74, 6) is 0.655. The summed E-state index contributed by atoms with van der Waals surface area (Å²) in [4.78, 5) is 0.268.